The number of nitro groups is 1. The quantitative estimate of drug-likeness (QED) is 0.279. The zero-order valence-corrected chi connectivity index (χ0v) is 16.8. The smallest absolute Gasteiger partial charge is 0.462 e. The minimum absolute atomic E-state index is 0.00240. The number of benzene rings is 1. The van der Waals surface area contributed by atoms with Crippen molar-refractivity contribution in [3.8, 4) is 5.75 Å². The summed E-state index contributed by atoms with van der Waals surface area (Å²) in [4.78, 5) is 33.9. The summed E-state index contributed by atoms with van der Waals surface area (Å²) >= 11 is 0. The van der Waals surface area contributed by atoms with Gasteiger partial charge >= 0.3 is 18.7 Å². The van der Waals surface area contributed by atoms with Crippen LogP contribution >= 0.6 is 0 Å². The third-order valence-electron chi connectivity index (χ3n) is 4.11. The molecule has 1 atom stereocenters. The third kappa shape index (κ3) is 6.14. The van der Waals surface area contributed by atoms with Crippen molar-refractivity contribution in [2.45, 2.75) is 33.3 Å². The van der Waals surface area contributed by atoms with E-state index >= 15 is 0 Å². The van der Waals surface area contributed by atoms with Crippen LogP contribution in [0.25, 0.3) is 0 Å². The molecule has 0 amide bonds. The van der Waals surface area contributed by atoms with Gasteiger partial charge in [-0.1, -0.05) is 18.2 Å². The molecular formula is C19H20F2N2O8. The molecule has 1 aliphatic rings. The molecule has 1 aromatic rings. The predicted molar refractivity (Wildman–Crippen MR) is 100 cm³/mol. The van der Waals surface area contributed by atoms with Crippen LogP contribution in [0.15, 0.2) is 47.1 Å². The number of ether oxygens (including phenoxy) is 4. The van der Waals surface area contributed by atoms with Gasteiger partial charge < -0.3 is 24.3 Å². The van der Waals surface area contributed by atoms with Crippen molar-refractivity contribution in [3.63, 3.8) is 0 Å². The molecule has 12 heteroatoms. The Morgan fingerprint density at radius 2 is 1.81 bits per heavy atom. The summed E-state index contributed by atoms with van der Waals surface area (Å²) in [6, 6.07) is 5.48. The Kier molecular flexibility index (Phi) is 7.88. The van der Waals surface area contributed by atoms with Crippen LogP contribution in [0.4, 0.5) is 13.6 Å². The number of hydrogen-bond donors (Lipinski definition) is 1. The van der Waals surface area contributed by atoms with E-state index in [0.717, 1.165) is 0 Å². The molecule has 2 rings (SSSR count). The zero-order valence-electron chi connectivity index (χ0n) is 16.8. The van der Waals surface area contributed by atoms with Gasteiger partial charge in [0, 0.05) is 12.5 Å². The summed E-state index contributed by atoms with van der Waals surface area (Å²) in [5, 5.41) is 14.5. The molecule has 31 heavy (non-hydrogen) atoms. The second-order valence-electron chi connectivity index (χ2n) is 6.27. The molecule has 0 saturated carbocycles. The van der Waals surface area contributed by atoms with Crippen molar-refractivity contribution in [3.05, 3.63) is 62.8 Å². The molecule has 1 heterocycles. The molecule has 1 unspecified atom stereocenters. The zero-order chi connectivity index (χ0) is 23.1. The summed E-state index contributed by atoms with van der Waals surface area (Å²) in [5.74, 6) is -2.44. The minimum Gasteiger partial charge on any atom is -0.462 e. The average Bonchev–Trinajstić information content (AvgIpc) is 2.66. The molecule has 0 bridgehead atoms. The van der Waals surface area contributed by atoms with Gasteiger partial charge in [0.05, 0.1) is 16.3 Å². The first-order valence-corrected chi connectivity index (χ1v) is 8.96. The van der Waals surface area contributed by atoms with E-state index in [4.69, 9.17) is 9.47 Å². The van der Waals surface area contributed by atoms with E-state index in [1.165, 1.54) is 45.0 Å². The average molecular weight is 442 g/mol. The Bertz CT molecular complexity index is 929. The molecule has 0 spiro atoms. The van der Waals surface area contributed by atoms with E-state index in [0.29, 0.717) is 0 Å². The SMILES string of the molecule is CC(=O)OCCOC(=O)OC1=C(C)NC(C)=C([N+](=O)[O-])C1c1ccccc1OC(F)F. The van der Waals surface area contributed by atoms with Gasteiger partial charge in [-0.15, -0.1) is 0 Å². The number of halogens is 2. The number of allylic oxidation sites excluding steroid dienone is 2. The normalized spacial score (nSPS) is 16.0. The molecule has 0 radical (unpaired) electrons. The van der Waals surface area contributed by atoms with E-state index in [1.54, 1.807) is 0 Å². The molecule has 0 saturated heterocycles. The number of alkyl halides is 2. The van der Waals surface area contributed by atoms with Crippen LogP contribution in [0.5, 0.6) is 5.75 Å². The van der Waals surface area contributed by atoms with Crippen LogP contribution in [0.2, 0.25) is 0 Å². The number of carbonyl (C=O) groups is 2. The number of hydrogen-bond acceptors (Lipinski definition) is 9. The van der Waals surface area contributed by atoms with Gasteiger partial charge in [-0.3, -0.25) is 14.9 Å². The molecule has 1 aliphatic heterocycles. The molecule has 1 aromatic carbocycles. The van der Waals surface area contributed by atoms with Crippen molar-refractivity contribution in [1.82, 2.24) is 5.32 Å². The van der Waals surface area contributed by atoms with E-state index in [9.17, 15) is 28.5 Å². The second kappa shape index (κ2) is 10.4. The Morgan fingerprint density at radius 1 is 1.16 bits per heavy atom. The number of esters is 1. The third-order valence-corrected chi connectivity index (χ3v) is 4.11. The highest BCUT2D eigenvalue weighted by molar-refractivity contribution is 5.66. The van der Waals surface area contributed by atoms with E-state index in [-0.39, 0.29) is 41.7 Å². The Morgan fingerprint density at radius 3 is 2.42 bits per heavy atom. The lowest BCUT2D eigenvalue weighted by Gasteiger charge is -2.27. The van der Waals surface area contributed by atoms with Crippen molar-refractivity contribution in [2.24, 2.45) is 0 Å². The lowest BCUT2D eigenvalue weighted by Crippen LogP contribution is -2.30. The monoisotopic (exact) mass is 442 g/mol. The van der Waals surface area contributed by atoms with Crippen LogP contribution in [-0.2, 0) is 19.0 Å². The van der Waals surface area contributed by atoms with Crippen LogP contribution in [-0.4, -0.2) is 36.9 Å². The summed E-state index contributed by atoms with van der Waals surface area (Å²) in [5.41, 5.74) is -0.0529. The van der Waals surface area contributed by atoms with Gasteiger partial charge in [0.15, 0.2) is 0 Å². The first-order chi connectivity index (χ1) is 14.6. The molecule has 1 N–H and O–H groups in total. The van der Waals surface area contributed by atoms with E-state index < -0.39 is 35.3 Å². The van der Waals surface area contributed by atoms with Gasteiger partial charge in [-0.25, -0.2) is 4.79 Å². The standard InChI is InChI=1S/C19H20F2N2O8/c1-10-16(23(26)27)15(13-6-4-5-7-14(13)30-18(20)21)17(11(2)22-10)31-19(25)29-9-8-28-12(3)24/h4-7,15,18,22H,8-9H2,1-3H3. The van der Waals surface area contributed by atoms with Gasteiger partial charge in [-0.05, 0) is 19.9 Å². The molecule has 0 aliphatic carbocycles. The van der Waals surface area contributed by atoms with Crippen molar-refractivity contribution >= 4 is 12.1 Å². The number of rotatable bonds is 8. The van der Waals surface area contributed by atoms with E-state index in [1.807, 2.05) is 0 Å². The Balaban J connectivity index is 2.39. The molecular weight excluding hydrogens is 422 g/mol. The highest BCUT2D eigenvalue weighted by Crippen LogP contribution is 2.42. The second-order valence-corrected chi connectivity index (χ2v) is 6.27. The van der Waals surface area contributed by atoms with E-state index in [2.05, 4.69) is 14.8 Å². The van der Waals surface area contributed by atoms with Gasteiger partial charge in [0.25, 0.3) is 5.70 Å². The fourth-order valence-electron chi connectivity index (χ4n) is 2.98. The summed E-state index contributed by atoms with van der Waals surface area (Å²) in [6.07, 6.45) is -1.22. The fourth-order valence-corrected chi connectivity index (χ4v) is 2.98. The Labute approximate surface area is 175 Å². The van der Waals surface area contributed by atoms with Gasteiger partial charge in [0.2, 0.25) is 0 Å². The first-order valence-electron chi connectivity index (χ1n) is 8.96. The maximum Gasteiger partial charge on any atom is 0.513 e. The number of nitrogens with zero attached hydrogens (tertiary/aromatic N) is 1. The summed E-state index contributed by atoms with van der Waals surface area (Å²) in [7, 11) is 0. The van der Waals surface area contributed by atoms with Crippen LogP contribution < -0.4 is 10.1 Å². The molecule has 0 aromatic heterocycles. The summed E-state index contributed by atoms with van der Waals surface area (Å²) < 4.78 is 44.9. The lowest BCUT2D eigenvalue weighted by molar-refractivity contribution is -0.431. The van der Waals surface area contributed by atoms with Crippen molar-refractivity contribution < 1.29 is 42.2 Å². The van der Waals surface area contributed by atoms with Gasteiger partial charge in [0.1, 0.15) is 30.6 Å². The Hall–Kier alpha value is -3.70. The highest BCUT2D eigenvalue weighted by atomic mass is 19.3. The maximum absolute atomic E-state index is 12.9. The number of carbonyl (C=O) groups excluding carboxylic acids is 2. The number of para-hydroxylation sites is 1. The van der Waals surface area contributed by atoms with Gasteiger partial charge in [-0.2, -0.15) is 8.78 Å². The van der Waals surface area contributed by atoms with Crippen LogP contribution in [0, 0.1) is 10.1 Å². The number of dihydropyridines is 1. The van der Waals surface area contributed by atoms with Crippen LogP contribution in [0.3, 0.4) is 0 Å². The molecule has 168 valence electrons. The minimum atomic E-state index is -3.17. The maximum atomic E-state index is 12.9. The van der Waals surface area contributed by atoms with Crippen molar-refractivity contribution in [2.75, 3.05) is 13.2 Å². The largest absolute Gasteiger partial charge is 0.513 e. The highest BCUT2D eigenvalue weighted by Gasteiger charge is 2.41. The van der Waals surface area contributed by atoms with Crippen LogP contribution in [0.1, 0.15) is 32.3 Å². The lowest BCUT2D eigenvalue weighted by atomic mass is 9.89. The first kappa shape index (κ1) is 23.6. The fraction of sp³-hybridized carbons (Fsp3) is 0.368. The summed E-state index contributed by atoms with van der Waals surface area (Å²) in [6.45, 7) is 0.397. The number of nitrogens with one attached hydrogen (secondary N) is 1. The molecule has 10 nitrogen and oxygen atoms in total. The predicted octanol–water partition coefficient (Wildman–Crippen LogP) is 3.43. The topological polar surface area (TPSA) is 126 Å². The van der Waals surface area contributed by atoms with Crippen molar-refractivity contribution in [1.29, 1.82) is 0 Å². The molecule has 0 fully saturated rings.